The number of carbonyl (C=O) groups excluding carboxylic acids is 1. The lowest BCUT2D eigenvalue weighted by Gasteiger charge is -2.09. The summed E-state index contributed by atoms with van der Waals surface area (Å²) in [4.78, 5) is 16.2. The zero-order chi connectivity index (χ0) is 15.9. The Labute approximate surface area is 130 Å². The molecule has 0 aliphatic rings. The van der Waals surface area contributed by atoms with E-state index in [4.69, 9.17) is 14.9 Å². The summed E-state index contributed by atoms with van der Waals surface area (Å²) in [6, 6.07) is 8.72. The number of nitrogens with two attached hydrogens (primary N) is 1. The van der Waals surface area contributed by atoms with Crippen LogP contribution in [0, 0.1) is 5.92 Å². The Morgan fingerprint density at radius 2 is 2.00 bits per heavy atom. The highest BCUT2D eigenvalue weighted by atomic mass is 16.5. The molecule has 5 nitrogen and oxygen atoms in total. The van der Waals surface area contributed by atoms with Crippen molar-refractivity contribution >= 4 is 5.97 Å². The quantitative estimate of drug-likeness (QED) is 0.795. The second-order valence-corrected chi connectivity index (χ2v) is 5.73. The van der Waals surface area contributed by atoms with Crippen LogP contribution >= 0.6 is 0 Å². The molecule has 5 heteroatoms. The summed E-state index contributed by atoms with van der Waals surface area (Å²) in [5.74, 6) is 0.523. The second-order valence-electron chi connectivity index (χ2n) is 5.73. The van der Waals surface area contributed by atoms with Gasteiger partial charge in [0.25, 0.3) is 0 Å². The number of carbonyl (C=O) groups is 1. The Kier molecular flexibility index (Phi) is 5.72. The van der Waals surface area contributed by atoms with Gasteiger partial charge in [0.1, 0.15) is 18.9 Å². The average molecular weight is 302 g/mol. The highest BCUT2D eigenvalue weighted by Gasteiger charge is 2.19. The molecule has 1 heterocycles. The van der Waals surface area contributed by atoms with Gasteiger partial charge in [-0.25, -0.2) is 4.98 Å². The van der Waals surface area contributed by atoms with E-state index in [9.17, 15) is 4.79 Å². The Bertz CT molecular complexity index is 593. The minimum absolute atomic E-state index is 0.220. The maximum atomic E-state index is 11.9. The fourth-order valence-electron chi connectivity index (χ4n) is 2.06. The maximum absolute atomic E-state index is 11.9. The molecule has 0 fully saturated rings. The first kappa shape index (κ1) is 16.2. The van der Waals surface area contributed by atoms with Crippen LogP contribution in [0.15, 0.2) is 41.0 Å². The van der Waals surface area contributed by atoms with Crippen LogP contribution in [-0.4, -0.2) is 17.0 Å². The number of aromatic nitrogens is 1. The molecule has 1 atom stereocenters. The van der Waals surface area contributed by atoms with Crippen molar-refractivity contribution < 1.29 is 13.9 Å². The Hall–Kier alpha value is -2.14. The van der Waals surface area contributed by atoms with Crippen molar-refractivity contribution in [3.8, 4) is 0 Å². The van der Waals surface area contributed by atoms with E-state index in [0.29, 0.717) is 11.8 Å². The maximum Gasteiger partial charge on any atom is 0.323 e. The summed E-state index contributed by atoms with van der Waals surface area (Å²) in [6.07, 6.45) is 2.71. The van der Waals surface area contributed by atoms with Gasteiger partial charge in [-0.15, -0.1) is 0 Å². The molecule has 0 aliphatic carbocycles. The van der Waals surface area contributed by atoms with Crippen LogP contribution in [0.4, 0.5) is 0 Å². The summed E-state index contributed by atoms with van der Waals surface area (Å²) in [5.41, 5.74) is 7.66. The van der Waals surface area contributed by atoms with Gasteiger partial charge in [-0.3, -0.25) is 4.79 Å². The number of hydrogen-bond donors (Lipinski definition) is 1. The zero-order valence-corrected chi connectivity index (χ0v) is 13.0. The minimum atomic E-state index is -0.769. The van der Waals surface area contributed by atoms with E-state index >= 15 is 0 Å². The van der Waals surface area contributed by atoms with E-state index in [1.165, 1.54) is 0 Å². The highest BCUT2D eigenvalue weighted by Crippen LogP contribution is 2.10. The molecule has 0 bridgehead atoms. The molecule has 1 aromatic heterocycles. The van der Waals surface area contributed by atoms with Gasteiger partial charge in [-0.05, 0) is 17.9 Å². The molecule has 2 rings (SSSR count). The first-order chi connectivity index (χ1) is 10.5. The van der Waals surface area contributed by atoms with Gasteiger partial charge < -0.3 is 14.9 Å². The van der Waals surface area contributed by atoms with E-state index in [-0.39, 0.29) is 13.0 Å². The lowest BCUT2D eigenvalue weighted by Crippen LogP contribution is -2.34. The van der Waals surface area contributed by atoms with Crippen LogP contribution < -0.4 is 5.73 Å². The molecular formula is C17H22N2O3. The van der Waals surface area contributed by atoms with E-state index in [0.717, 1.165) is 17.7 Å². The van der Waals surface area contributed by atoms with Crippen LogP contribution in [0.25, 0.3) is 0 Å². The third kappa shape index (κ3) is 5.00. The van der Waals surface area contributed by atoms with Crippen molar-refractivity contribution in [1.29, 1.82) is 0 Å². The second kappa shape index (κ2) is 7.75. The van der Waals surface area contributed by atoms with Crippen molar-refractivity contribution in [2.45, 2.75) is 39.3 Å². The standard InChI is InChI=1S/C17H22N2O3/c1-12(2)8-14-11-21-16(19-14)9-15(18)17(20)22-10-13-6-4-3-5-7-13/h3-7,11-12,15H,8-10,18H2,1-2H3/t15-/m0/s1. The lowest BCUT2D eigenvalue weighted by atomic mass is 10.1. The van der Waals surface area contributed by atoms with Crippen LogP contribution in [0.5, 0.6) is 0 Å². The Balaban J connectivity index is 1.82. The van der Waals surface area contributed by atoms with Gasteiger partial charge in [0.15, 0.2) is 5.89 Å². The normalized spacial score (nSPS) is 12.4. The van der Waals surface area contributed by atoms with Crippen LogP contribution in [-0.2, 0) is 29.0 Å². The number of hydrogen-bond acceptors (Lipinski definition) is 5. The highest BCUT2D eigenvalue weighted by molar-refractivity contribution is 5.75. The Morgan fingerprint density at radius 3 is 2.68 bits per heavy atom. The number of rotatable bonds is 7. The third-order valence-corrected chi connectivity index (χ3v) is 3.14. The monoisotopic (exact) mass is 302 g/mol. The van der Waals surface area contributed by atoms with Gasteiger partial charge >= 0.3 is 5.97 Å². The molecule has 0 saturated carbocycles. The summed E-state index contributed by atoms with van der Waals surface area (Å²) in [7, 11) is 0. The van der Waals surface area contributed by atoms with Gasteiger partial charge in [0, 0.05) is 0 Å². The minimum Gasteiger partial charge on any atom is -0.460 e. The summed E-state index contributed by atoms with van der Waals surface area (Å²) < 4.78 is 10.6. The van der Waals surface area contributed by atoms with Crippen molar-refractivity contribution in [2.24, 2.45) is 11.7 Å². The van der Waals surface area contributed by atoms with E-state index in [1.54, 1.807) is 6.26 Å². The van der Waals surface area contributed by atoms with Crippen molar-refractivity contribution in [3.05, 3.63) is 53.7 Å². The number of oxazole rings is 1. The molecule has 0 spiro atoms. The predicted molar refractivity (Wildman–Crippen MR) is 83.0 cm³/mol. The van der Waals surface area contributed by atoms with E-state index < -0.39 is 12.0 Å². The number of esters is 1. The fraction of sp³-hybridized carbons (Fsp3) is 0.412. The summed E-state index contributed by atoms with van der Waals surface area (Å²) in [5, 5.41) is 0. The molecule has 0 radical (unpaired) electrons. The number of nitrogens with zero attached hydrogens (tertiary/aromatic N) is 1. The van der Waals surface area contributed by atoms with Gasteiger partial charge in [-0.2, -0.15) is 0 Å². The zero-order valence-electron chi connectivity index (χ0n) is 13.0. The predicted octanol–water partition coefficient (Wildman–Crippen LogP) is 2.49. The van der Waals surface area contributed by atoms with Gasteiger partial charge in [0.2, 0.25) is 0 Å². The largest absolute Gasteiger partial charge is 0.460 e. The fourth-order valence-corrected chi connectivity index (χ4v) is 2.06. The summed E-state index contributed by atoms with van der Waals surface area (Å²) in [6.45, 7) is 4.44. The topological polar surface area (TPSA) is 78.3 Å². The van der Waals surface area contributed by atoms with Gasteiger partial charge in [-0.1, -0.05) is 44.2 Å². The first-order valence-electron chi connectivity index (χ1n) is 7.44. The van der Waals surface area contributed by atoms with Crippen LogP contribution in [0.2, 0.25) is 0 Å². The first-order valence-corrected chi connectivity index (χ1v) is 7.44. The molecule has 0 saturated heterocycles. The lowest BCUT2D eigenvalue weighted by molar-refractivity contribution is -0.146. The van der Waals surface area contributed by atoms with E-state index in [1.807, 2.05) is 30.3 Å². The molecular weight excluding hydrogens is 280 g/mol. The van der Waals surface area contributed by atoms with Crippen LogP contribution in [0.3, 0.4) is 0 Å². The van der Waals surface area contributed by atoms with E-state index in [2.05, 4.69) is 18.8 Å². The SMILES string of the molecule is CC(C)Cc1coc(C[C@H](N)C(=O)OCc2ccccc2)n1. The molecule has 2 N–H and O–H groups in total. The van der Waals surface area contributed by atoms with Crippen molar-refractivity contribution in [2.75, 3.05) is 0 Å². The summed E-state index contributed by atoms with van der Waals surface area (Å²) >= 11 is 0. The van der Waals surface area contributed by atoms with Gasteiger partial charge in [0.05, 0.1) is 12.1 Å². The molecule has 1 aromatic carbocycles. The number of benzene rings is 1. The molecule has 22 heavy (non-hydrogen) atoms. The Morgan fingerprint density at radius 1 is 1.27 bits per heavy atom. The van der Waals surface area contributed by atoms with Crippen LogP contribution in [0.1, 0.15) is 31.0 Å². The molecule has 2 aromatic rings. The third-order valence-electron chi connectivity index (χ3n) is 3.14. The molecule has 0 unspecified atom stereocenters. The van der Waals surface area contributed by atoms with Crippen molar-refractivity contribution in [1.82, 2.24) is 4.98 Å². The average Bonchev–Trinajstić information content (AvgIpc) is 2.92. The number of ether oxygens (including phenoxy) is 1. The smallest absolute Gasteiger partial charge is 0.323 e. The molecule has 0 amide bonds. The van der Waals surface area contributed by atoms with Crippen molar-refractivity contribution in [3.63, 3.8) is 0 Å². The molecule has 0 aliphatic heterocycles. The molecule has 118 valence electrons.